The molecule has 1 atom stereocenters. The second-order valence-corrected chi connectivity index (χ2v) is 13.9. The van der Waals surface area contributed by atoms with Crippen LogP contribution in [-0.4, -0.2) is 115 Å². The zero-order valence-corrected chi connectivity index (χ0v) is 31.5. The molecule has 15 nitrogen and oxygen atoms in total. The van der Waals surface area contributed by atoms with Crippen molar-refractivity contribution in [2.75, 3.05) is 51.1 Å². The molecule has 2 aliphatic heterocycles. The Kier molecular flexibility index (Phi) is 12.0. The first-order valence-electron chi connectivity index (χ1n) is 18.0. The Labute approximate surface area is 334 Å². The summed E-state index contributed by atoms with van der Waals surface area (Å²) in [4.78, 5) is 64.1. The van der Waals surface area contributed by atoms with Crippen molar-refractivity contribution >= 4 is 40.4 Å². The maximum absolute atomic E-state index is 13.8. The Hall–Kier alpha value is -7.08. The fourth-order valence-electron chi connectivity index (χ4n) is 6.32. The van der Waals surface area contributed by atoms with Gasteiger partial charge >= 0.3 is 12.1 Å². The zero-order chi connectivity index (χ0) is 40.6. The number of urea groups is 1. The van der Waals surface area contributed by atoms with E-state index in [4.69, 9.17) is 9.52 Å². The van der Waals surface area contributed by atoms with E-state index in [9.17, 15) is 28.0 Å². The molecular weight excluding hydrogens is 773 g/mol. The van der Waals surface area contributed by atoms with Gasteiger partial charge in [0.25, 0.3) is 11.8 Å². The Morgan fingerprint density at radius 3 is 2.00 bits per heavy atom. The molecule has 6 aromatic rings. The lowest BCUT2D eigenvalue weighted by Crippen LogP contribution is -2.53. The van der Waals surface area contributed by atoms with E-state index in [1.807, 2.05) is 53.9 Å². The minimum atomic E-state index is -0.979. The number of anilines is 1. The number of benzene rings is 3. The van der Waals surface area contributed by atoms with Crippen molar-refractivity contribution in [1.29, 1.82) is 0 Å². The van der Waals surface area contributed by atoms with Crippen LogP contribution in [0, 0.1) is 11.6 Å². The van der Waals surface area contributed by atoms with Crippen molar-refractivity contribution in [3.63, 3.8) is 0 Å². The van der Waals surface area contributed by atoms with E-state index in [2.05, 4.69) is 25.5 Å². The molecule has 0 radical (unpaired) electrons. The van der Waals surface area contributed by atoms with Gasteiger partial charge in [-0.25, -0.2) is 23.4 Å². The molecule has 5 amide bonds. The van der Waals surface area contributed by atoms with Gasteiger partial charge in [-0.1, -0.05) is 36.4 Å². The molecule has 0 bridgehead atoms. The third-order valence-electron chi connectivity index (χ3n) is 9.30. The average molecular weight is 808 g/mol. The van der Waals surface area contributed by atoms with E-state index in [1.165, 1.54) is 57.5 Å². The third kappa shape index (κ3) is 9.30. The van der Waals surface area contributed by atoms with Gasteiger partial charge in [-0.15, -0.1) is 21.5 Å². The minimum absolute atomic E-state index is 0.0796. The molecule has 58 heavy (non-hydrogen) atoms. The number of hydrogen-bond donors (Lipinski definition) is 2. The van der Waals surface area contributed by atoms with E-state index >= 15 is 0 Å². The Morgan fingerprint density at radius 2 is 1.36 bits per heavy atom. The molecule has 0 spiro atoms. The molecule has 2 aliphatic rings. The van der Waals surface area contributed by atoms with Gasteiger partial charge in [0.05, 0.1) is 12.2 Å². The van der Waals surface area contributed by atoms with Gasteiger partial charge in [0.1, 0.15) is 23.4 Å². The number of carboxylic acid groups (broad SMARTS) is 1. The predicted molar refractivity (Wildman–Crippen MR) is 208 cm³/mol. The zero-order valence-electron chi connectivity index (χ0n) is 30.6. The van der Waals surface area contributed by atoms with Crippen LogP contribution in [0.2, 0.25) is 0 Å². The number of carbonyl (C=O) groups is 4. The summed E-state index contributed by atoms with van der Waals surface area (Å²) >= 11 is 1.28. The summed E-state index contributed by atoms with van der Waals surface area (Å²) in [6.07, 6.45) is 0.698. The number of carbonyl (C=O) groups excluding carboxylic acids is 3. The van der Waals surface area contributed by atoms with Crippen LogP contribution in [-0.2, 0) is 0 Å². The van der Waals surface area contributed by atoms with E-state index in [0.717, 1.165) is 5.56 Å². The smallest absolute Gasteiger partial charge is 0.407 e. The molecule has 3 aromatic carbocycles. The van der Waals surface area contributed by atoms with Gasteiger partial charge in [0.2, 0.25) is 11.8 Å². The lowest BCUT2D eigenvalue weighted by molar-refractivity contribution is 0.0532. The van der Waals surface area contributed by atoms with Crippen molar-refractivity contribution < 1.29 is 37.5 Å². The van der Waals surface area contributed by atoms with Crippen LogP contribution >= 0.6 is 11.3 Å². The Bertz CT molecular complexity index is 2390. The molecule has 296 valence electrons. The molecule has 18 heteroatoms. The molecule has 8 rings (SSSR count). The SMILES string of the molecule is O=C(O)N1CCN(C(=O)c2cccc(F)c2)CC1.O=C(c1cccc(F)c1)N1CCN(C(=O)Nc2nc(-c3ccccn3)cs2)C(c2nnc(-c3ccccc3)o2)C1. The number of nitrogens with zero attached hydrogens (tertiary/aromatic N) is 8. The van der Waals surface area contributed by atoms with Crippen molar-refractivity contribution in [3.05, 3.63) is 137 Å². The first kappa shape index (κ1) is 39.2. The lowest BCUT2D eigenvalue weighted by Gasteiger charge is -2.39. The first-order valence-corrected chi connectivity index (χ1v) is 18.9. The van der Waals surface area contributed by atoms with Crippen LogP contribution in [0.1, 0.15) is 32.6 Å². The van der Waals surface area contributed by atoms with Crippen LogP contribution < -0.4 is 5.32 Å². The van der Waals surface area contributed by atoms with Gasteiger partial charge in [-0.3, -0.25) is 19.9 Å². The molecule has 1 unspecified atom stereocenters. The van der Waals surface area contributed by atoms with Crippen LogP contribution in [0.5, 0.6) is 0 Å². The summed E-state index contributed by atoms with van der Waals surface area (Å²) in [6, 6.07) is 24.6. The number of pyridine rings is 1. The van der Waals surface area contributed by atoms with E-state index in [0.29, 0.717) is 41.1 Å². The van der Waals surface area contributed by atoms with Crippen molar-refractivity contribution in [3.8, 4) is 22.8 Å². The lowest BCUT2D eigenvalue weighted by atomic mass is 10.1. The van der Waals surface area contributed by atoms with Crippen LogP contribution in [0.25, 0.3) is 22.8 Å². The maximum Gasteiger partial charge on any atom is 0.407 e. The van der Waals surface area contributed by atoms with E-state index in [1.54, 1.807) is 28.1 Å². The Balaban J connectivity index is 0.000000238. The van der Waals surface area contributed by atoms with Crippen molar-refractivity contribution in [2.45, 2.75) is 6.04 Å². The number of thiazole rings is 1. The van der Waals surface area contributed by atoms with Gasteiger partial charge < -0.3 is 29.1 Å². The molecule has 0 aliphatic carbocycles. The highest BCUT2D eigenvalue weighted by Crippen LogP contribution is 2.30. The largest absolute Gasteiger partial charge is 0.465 e. The highest BCUT2D eigenvalue weighted by Gasteiger charge is 2.38. The molecule has 2 N–H and O–H groups in total. The second-order valence-electron chi connectivity index (χ2n) is 13.0. The van der Waals surface area contributed by atoms with Crippen LogP contribution in [0.4, 0.5) is 23.5 Å². The van der Waals surface area contributed by atoms with E-state index in [-0.39, 0.29) is 56.0 Å². The molecule has 5 heterocycles. The normalized spacial score (nSPS) is 15.3. The topological polar surface area (TPSA) is 178 Å². The fraction of sp³-hybridized carbons (Fsp3) is 0.200. The monoisotopic (exact) mass is 807 g/mol. The molecular formula is C40H35F2N9O6S. The average Bonchev–Trinajstić information content (AvgIpc) is 3.95. The summed E-state index contributed by atoms with van der Waals surface area (Å²) in [7, 11) is 0. The summed E-state index contributed by atoms with van der Waals surface area (Å²) in [5.74, 6) is -1.10. The van der Waals surface area contributed by atoms with Crippen molar-refractivity contribution in [1.82, 2.24) is 39.8 Å². The van der Waals surface area contributed by atoms with Gasteiger partial charge in [0, 0.05) is 67.5 Å². The number of nitrogens with one attached hydrogen (secondary N) is 1. The quantitative estimate of drug-likeness (QED) is 0.192. The summed E-state index contributed by atoms with van der Waals surface area (Å²) < 4.78 is 32.8. The second kappa shape index (κ2) is 17.8. The highest BCUT2D eigenvalue weighted by atomic mass is 32.1. The Morgan fingerprint density at radius 1 is 0.724 bits per heavy atom. The first-order chi connectivity index (χ1) is 28.1. The highest BCUT2D eigenvalue weighted by molar-refractivity contribution is 7.14. The number of rotatable bonds is 6. The number of hydrogen-bond acceptors (Lipinski definition) is 10. The number of piperazine rings is 2. The summed E-state index contributed by atoms with van der Waals surface area (Å²) in [6.45, 7) is 1.74. The van der Waals surface area contributed by atoms with Crippen LogP contribution in [0.15, 0.2) is 113 Å². The molecule has 2 fully saturated rings. The number of amides is 5. The van der Waals surface area contributed by atoms with Crippen molar-refractivity contribution in [2.24, 2.45) is 0 Å². The molecule has 0 saturated carbocycles. The number of aromatic nitrogens is 4. The van der Waals surface area contributed by atoms with Crippen LogP contribution in [0.3, 0.4) is 0 Å². The molecule has 3 aromatic heterocycles. The number of halogens is 2. The third-order valence-corrected chi connectivity index (χ3v) is 10.1. The van der Waals surface area contributed by atoms with Gasteiger partial charge in [-0.2, -0.15) is 0 Å². The van der Waals surface area contributed by atoms with E-state index < -0.39 is 29.8 Å². The summed E-state index contributed by atoms with van der Waals surface area (Å²) in [5, 5.41) is 22.2. The standard InChI is InChI=1S/C28H22FN7O3S.C12H13FN2O3/c29-20-10-6-9-19(15-20)26(37)35-13-14-36(23(16-35)25-34-33-24(39-25)18-7-2-1-3-8-18)28(38)32-27-31-22(17-40-27)21-11-4-5-12-30-21;13-10-3-1-2-9(8-10)11(16)14-4-6-15(7-5-14)12(17)18/h1-12,15,17,23H,13-14,16H2,(H,31,32,38);1-3,8H,4-7H2,(H,17,18). The molecule has 2 saturated heterocycles. The predicted octanol–water partition coefficient (Wildman–Crippen LogP) is 6.39. The fourth-order valence-corrected chi connectivity index (χ4v) is 7.02. The summed E-state index contributed by atoms with van der Waals surface area (Å²) in [5.41, 5.74) is 2.58. The van der Waals surface area contributed by atoms with Gasteiger partial charge in [-0.05, 0) is 60.7 Å². The van der Waals surface area contributed by atoms with Gasteiger partial charge in [0.15, 0.2) is 5.13 Å². The maximum atomic E-state index is 13.8. The minimum Gasteiger partial charge on any atom is -0.465 e.